The first kappa shape index (κ1) is 11.2. The van der Waals surface area contributed by atoms with Crippen molar-refractivity contribution in [3.05, 3.63) is 35.1 Å². The number of hydrogen-bond acceptors (Lipinski definition) is 2. The van der Waals surface area contributed by atoms with Gasteiger partial charge >= 0.3 is 11.9 Å². The van der Waals surface area contributed by atoms with Crippen LogP contribution in [-0.2, 0) is 22.4 Å². The molecule has 0 unspecified atom stereocenters. The van der Waals surface area contributed by atoms with Crippen LogP contribution in [0.25, 0.3) is 0 Å². The molecule has 0 radical (unpaired) electrons. The van der Waals surface area contributed by atoms with Crippen molar-refractivity contribution in [2.24, 2.45) is 0 Å². The number of halogens is 1. The highest BCUT2D eigenvalue weighted by Gasteiger charge is 2.12. The predicted molar refractivity (Wildman–Crippen MR) is 49.1 cm³/mol. The molecule has 0 saturated carbocycles. The first-order chi connectivity index (χ1) is 7.00. The fraction of sp³-hybridized carbons (Fsp3) is 0.200. The molecule has 5 heteroatoms. The summed E-state index contributed by atoms with van der Waals surface area (Å²) in [6, 6.07) is 4.10. The molecule has 1 aromatic rings. The number of hydrogen-bond donors (Lipinski definition) is 2. The van der Waals surface area contributed by atoms with Gasteiger partial charge in [0.1, 0.15) is 5.82 Å². The number of rotatable bonds is 4. The molecule has 4 nitrogen and oxygen atoms in total. The molecule has 0 fully saturated rings. The maximum Gasteiger partial charge on any atom is 0.307 e. The zero-order valence-corrected chi connectivity index (χ0v) is 7.74. The lowest BCUT2D eigenvalue weighted by atomic mass is 10.0. The first-order valence-corrected chi connectivity index (χ1v) is 4.20. The van der Waals surface area contributed by atoms with Gasteiger partial charge in [-0.3, -0.25) is 9.59 Å². The quantitative estimate of drug-likeness (QED) is 0.783. The number of carboxylic acids is 2. The maximum atomic E-state index is 13.5. The van der Waals surface area contributed by atoms with E-state index in [-0.39, 0.29) is 11.1 Å². The topological polar surface area (TPSA) is 74.6 Å². The normalized spacial score (nSPS) is 9.93. The van der Waals surface area contributed by atoms with Crippen molar-refractivity contribution in [2.75, 3.05) is 0 Å². The summed E-state index contributed by atoms with van der Waals surface area (Å²) in [7, 11) is 0. The monoisotopic (exact) mass is 212 g/mol. The van der Waals surface area contributed by atoms with Gasteiger partial charge in [0.25, 0.3) is 0 Å². The van der Waals surface area contributed by atoms with E-state index in [2.05, 4.69) is 0 Å². The summed E-state index contributed by atoms with van der Waals surface area (Å²) < 4.78 is 13.5. The van der Waals surface area contributed by atoms with Crippen molar-refractivity contribution in [1.29, 1.82) is 0 Å². The molecule has 0 saturated heterocycles. The molecule has 2 N–H and O–H groups in total. The van der Waals surface area contributed by atoms with Gasteiger partial charge in [-0.15, -0.1) is 0 Å². The van der Waals surface area contributed by atoms with E-state index in [1.165, 1.54) is 18.2 Å². The molecule has 0 aliphatic carbocycles. The Balaban J connectivity index is 2.99. The molecule has 1 aromatic carbocycles. The smallest absolute Gasteiger partial charge is 0.307 e. The summed E-state index contributed by atoms with van der Waals surface area (Å²) >= 11 is 0. The van der Waals surface area contributed by atoms with Crippen LogP contribution in [0, 0.1) is 5.82 Å². The van der Waals surface area contributed by atoms with Crippen molar-refractivity contribution in [3.63, 3.8) is 0 Å². The second-order valence-electron chi connectivity index (χ2n) is 3.03. The van der Waals surface area contributed by atoms with Gasteiger partial charge in [0.15, 0.2) is 0 Å². The van der Waals surface area contributed by atoms with Crippen LogP contribution < -0.4 is 0 Å². The maximum absolute atomic E-state index is 13.5. The van der Waals surface area contributed by atoms with Crippen LogP contribution in [0.3, 0.4) is 0 Å². The van der Waals surface area contributed by atoms with Crippen molar-refractivity contribution in [1.82, 2.24) is 0 Å². The standard InChI is InChI=1S/C10H9FO4/c11-10-6(4-8(12)13)2-1-3-7(10)5-9(14)15/h1-3H,4-5H2,(H,12,13)(H,14,15). The first-order valence-electron chi connectivity index (χ1n) is 4.20. The molecule has 15 heavy (non-hydrogen) atoms. The zero-order chi connectivity index (χ0) is 11.4. The lowest BCUT2D eigenvalue weighted by Crippen LogP contribution is -2.07. The number of benzene rings is 1. The molecule has 0 amide bonds. The minimum Gasteiger partial charge on any atom is -0.481 e. The Kier molecular flexibility index (Phi) is 3.38. The van der Waals surface area contributed by atoms with Crippen LogP contribution in [0.1, 0.15) is 11.1 Å². The summed E-state index contributed by atoms with van der Waals surface area (Å²) in [4.78, 5) is 20.7. The van der Waals surface area contributed by atoms with Gasteiger partial charge in [-0.05, 0) is 11.1 Å². The summed E-state index contributed by atoms with van der Waals surface area (Å²) in [5.74, 6) is -3.05. The lowest BCUT2D eigenvalue weighted by molar-refractivity contribution is -0.137. The van der Waals surface area contributed by atoms with Gasteiger partial charge in [-0.1, -0.05) is 18.2 Å². The van der Waals surface area contributed by atoms with E-state index in [9.17, 15) is 14.0 Å². The molecule has 0 heterocycles. The fourth-order valence-electron chi connectivity index (χ4n) is 1.23. The third-order valence-corrected chi connectivity index (χ3v) is 1.84. The second-order valence-corrected chi connectivity index (χ2v) is 3.03. The zero-order valence-electron chi connectivity index (χ0n) is 7.74. The van der Waals surface area contributed by atoms with Crippen LogP contribution >= 0.6 is 0 Å². The highest BCUT2D eigenvalue weighted by atomic mass is 19.1. The average molecular weight is 212 g/mol. The van der Waals surface area contributed by atoms with E-state index >= 15 is 0 Å². The van der Waals surface area contributed by atoms with Gasteiger partial charge in [0.2, 0.25) is 0 Å². The van der Waals surface area contributed by atoms with E-state index in [1.54, 1.807) is 0 Å². The van der Waals surface area contributed by atoms with Crippen LogP contribution in [-0.4, -0.2) is 22.2 Å². The molecule has 0 atom stereocenters. The molecule has 0 spiro atoms. The third-order valence-electron chi connectivity index (χ3n) is 1.84. The predicted octanol–water partition coefficient (Wildman–Crippen LogP) is 1.08. The molecule has 0 aliphatic rings. The highest BCUT2D eigenvalue weighted by Crippen LogP contribution is 2.14. The van der Waals surface area contributed by atoms with Crippen LogP contribution in [0.4, 0.5) is 4.39 Å². The van der Waals surface area contributed by atoms with E-state index in [1.807, 2.05) is 0 Å². The van der Waals surface area contributed by atoms with Crippen molar-refractivity contribution < 1.29 is 24.2 Å². The Morgan fingerprint density at radius 1 is 1.07 bits per heavy atom. The number of carbonyl (C=O) groups is 2. The van der Waals surface area contributed by atoms with E-state index < -0.39 is 30.6 Å². The minimum absolute atomic E-state index is 0.00116. The molecule has 80 valence electrons. The lowest BCUT2D eigenvalue weighted by Gasteiger charge is -2.04. The number of aliphatic carboxylic acids is 2. The second kappa shape index (κ2) is 4.54. The van der Waals surface area contributed by atoms with Crippen LogP contribution in [0.5, 0.6) is 0 Å². The SMILES string of the molecule is O=C(O)Cc1cccc(CC(=O)O)c1F. The van der Waals surface area contributed by atoms with Crippen molar-refractivity contribution in [2.45, 2.75) is 12.8 Å². The summed E-state index contributed by atoms with van der Waals surface area (Å²) in [6.45, 7) is 0. The molecular weight excluding hydrogens is 203 g/mol. The van der Waals surface area contributed by atoms with E-state index in [0.29, 0.717) is 0 Å². The molecule has 0 bridgehead atoms. The number of carboxylic acid groups (broad SMARTS) is 2. The Morgan fingerprint density at radius 3 is 1.80 bits per heavy atom. The molecule has 0 aliphatic heterocycles. The highest BCUT2D eigenvalue weighted by molar-refractivity contribution is 5.72. The Labute approximate surface area is 85.0 Å². The van der Waals surface area contributed by atoms with Crippen molar-refractivity contribution >= 4 is 11.9 Å². The fourth-order valence-corrected chi connectivity index (χ4v) is 1.23. The average Bonchev–Trinajstić information content (AvgIpc) is 2.10. The van der Waals surface area contributed by atoms with Gasteiger partial charge in [-0.25, -0.2) is 4.39 Å². The van der Waals surface area contributed by atoms with Gasteiger partial charge in [0, 0.05) is 0 Å². The van der Waals surface area contributed by atoms with E-state index in [0.717, 1.165) is 0 Å². The van der Waals surface area contributed by atoms with Gasteiger partial charge in [0.05, 0.1) is 12.8 Å². The van der Waals surface area contributed by atoms with Gasteiger partial charge in [-0.2, -0.15) is 0 Å². The van der Waals surface area contributed by atoms with Crippen molar-refractivity contribution in [3.8, 4) is 0 Å². The summed E-state index contributed by atoms with van der Waals surface area (Å²) in [5, 5.41) is 17.0. The van der Waals surface area contributed by atoms with Crippen LogP contribution in [0.2, 0.25) is 0 Å². The van der Waals surface area contributed by atoms with Gasteiger partial charge < -0.3 is 10.2 Å². The molecule has 1 rings (SSSR count). The third kappa shape index (κ3) is 3.05. The Hall–Kier alpha value is -1.91. The largest absolute Gasteiger partial charge is 0.481 e. The summed E-state index contributed by atoms with van der Waals surface area (Å²) in [5.41, 5.74) is 0.00231. The summed E-state index contributed by atoms with van der Waals surface area (Å²) in [6.07, 6.45) is -0.890. The Bertz CT molecular complexity index is 366. The van der Waals surface area contributed by atoms with Crippen LogP contribution in [0.15, 0.2) is 18.2 Å². The molecule has 0 aromatic heterocycles. The van der Waals surface area contributed by atoms with E-state index in [4.69, 9.17) is 10.2 Å². The molecular formula is C10H9FO4. The minimum atomic E-state index is -1.15. The Morgan fingerprint density at radius 2 is 1.47 bits per heavy atom.